The van der Waals surface area contributed by atoms with Gasteiger partial charge in [-0.15, -0.1) is 0 Å². The maximum atomic E-state index is 3.16. The lowest BCUT2D eigenvalue weighted by Crippen LogP contribution is -2.37. The van der Waals surface area contributed by atoms with Gasteiger partial charge in [-0.05, 0) is 74.4 Å². The molecule has 0 aromatic rings. The number of rotatable bonds is 56. The van der Waals surface area contributed by atoms with E-state index in [1.807, 2.05) is 8.64 Å². The first-order valence-electron chi connectivity index (χ1n) is 33.3. The fourth-order valence-electron chi connectivity index (χ4n) is 10.4. The Bertz CT molecular complexity index is 953. The van der Waals surface area contributed by atoms with E-state index in [1.165, 1.54) is 357 Å². The molecule has 0 heterocycles. The summed E-state index contributed by atoms with van der Waals surface area (Å²) in [5, 5.41) is 0. The lowest BCUT2D eigenvalue weighted by Gasteiger charge is -2.34. The minimum absolute atomic E-state index is 0.337. The number of hydrogen-bond donors (Lipinski definition) is 0. The molecule has 0 spiro atoms. The first-order chi connectivity index (χ1) is 35.1. The summed E-state index contributed by atoms with van der Waals surface area (Å²) in [5.41, 5.74) is 0. The van der Waals surface area contributed by atoms with E-state index in [-0.39, 0.29) is 0 Å². The molecular weight excluding hydrogens is 917 g/mol. The van der Waals surface area contributed by atoms with Crippen molar-refractivity contribution in [3.8, 4) is 0 Å². The molecule has 0 rings (SSSR count). The van der Waals surface area contributed by atoms with Crippen molar-refractivity contribution < 1.29 is 0 Å². The van der Waals surface area contributed by atoms with Gasteiger partial charge in [-0.3, -0.25) is 9.80 Å². The first kappa shape index (κ1) is 71.7. The Morgan fingerprint density at radius 3 is 0.549 bits per heavy atom. The van der Waals surface area contributed by atoms with E-state index in [0.717, 1.165) is 0 Å². The van der Waals surface area contributed by atoms with E-state index in [9.17, 15) is 0 Å². The van der Waals surface area contributed by atoms with Gasteiger partial charge in [0.15, 0.2) is 0 Å². The Morgan fingerprint density at radius 1 is 0.211 bits per heavy atom. The summed E-state index contributed by atoms with van der Waals surface area (Å²) in [5.74, 6) is 5.82. The highest BCUT2D eigenvalue weighted by atomic mass is 32.2. The van der Waals surface area contributed by atoms with E-state index in [2.05, 4.69) is 77.0 Å². The van der Waals surface area contributed by atoms with Crippen molar-refractivity contribution in [1.29, 1.82) is 0 Å². The average molecular weight is 1050 g/mol. The van der Waals surface area contributed by atoms with Gasteiger partial charge in [-0.1, -0.05) is 324 Å². The lowest BCUT2D eigenvalue weighted by atomic mass is 10.1. The Morgan fingerprint density at radius 2 is 0.366 bits per heavy atom. The molecule has 0 radical (unpaired) electrons. The fraction of sp³-hybridized carbons (Fsp3) is 0.970. The summed E-state index contributed by atoms with van der Waals surface area (Å²) in [6, 6.07) is 0. The molecule has 0 aromatic heterocycles. The van der Waals surface area contributed by atoms with Gasteiger partial charge in [0, 0.05) is 26.2 Å². The molecule has 0 aromatic carbocycles. The van der Waals surface area contributed by atoms with E-state index >= 15 is 0 Å². The van der Waals surface area contributed by atoms with Gasteiger partial charge in [-0.25, -0.2) is 0 Å². The third-order valence-corrected chi connectivity index (χ3v) is 22.7. The second-order valence-corrected chi connectivity index (χ2v) is 28.4. The van der Waals surface area contributed by atoms with Gasteiger partial charge >= 0.3 is 0 Å². The number of thioether (sulfide) groups is 1. The van der Waals surface area contributed by atoms with Crippen LogP contribution in [0, 0.1) is 0 Å². The molecule has 0 N–H and O–H groups in total. The molecule has 0 aliphatic carbocycles. The molecule has 0 aliphatic heterocycles. The van der Waals surface area contributed by atoms with Crippen LogP contribution in [0.25, 0.3) is 0 Å². The molecule has 2 nitrogen and oxygen atoms in total. The monoisotopic (exact) mass is 1050 g/mol. The van der Waals surface area contributed by atoms with Crippen molar-refractivity contribution in [2.45, 2.75) is 364 Å². The molecule has 0 aliphatic rings. The van der Waals surface area contributed by atoms with Crippen LogP contribution < -0.4 is 0 Å². The molecule has 0 saturated heterocycles. The van der Waals surface area contributed by atoms with Gasteiger partial charge in [0.2, 0.25) is 0 Å². The van der Waals surface area contributed by atoms with Crippen molar-refractivity contribution >= 4 is 41.4 Å². The summed E-state index contributed by atoms with van der Waals surface area (Å²) in [7, 11) is 0.674. The molecule has 0 atom stereocenters. The smallest absolute Gasteiger partial charge is 0.0821 e. The maximum absolute atomic E-state index is 3.16. The Balaban J connectivity index is 7.96. The highest BCUT2D eigenvalue weighted by Gasteiger charge is 2.24. The predicted octanol–water partition coefficient (Wildman–Crippen LogP) is 23.9. The van der Waals surface area contributed by atoms with E-state index in [4.69, 9.17) is 0 Å². The number of hydrogen-bond acceptors (Lipinski definition) is 1. The van der Waals surface area contributed by atoms with Crippen molar-refractivity contribution in [2.75, 3.05) is 49.2 Å². The summed E-state index contributed by atoms with van der Waals surface area (Å²) in [6.07, 6.45) is 68.1. The predicted molar refractivity (Wildman–Crippen MR) is 342 cm³/mol. The summed E-state index contributed by atoms with van der Waals surface area (Å²) in [6.45, 7) is 24.4. The van der Waals surface area contributed by atoms with Crippen LogP contribution in [0.4, 0.5) is 0 Å². The molecule has 5 heteroatoms. The highest BCUT2D eigenvalue weighted by molar-refractivity contribution is 8.46. The van der Waals surface area contributed by atoms with Crippen molar-refractivity contribution in [2.24, 2.45) is 0 Å². The molecule has 428 valence electrons. The second kappa shape index (κ2) is 59.9. The van der Waals surface area contributed by atoms with E-state index in [1.54, 1.807) is 0 Å². The number of unbranched alkanes of at least 4 members (excludes halogenated alkanes) is 40. The Hall–Kier alpha value is 0.710. The van der Waals surface area contributed by atoms with Crippen LogP contribution in [-0.2, 0) is 0 Å². The molecular formula is C66H136N2S3. The number of nitrogens with zero attached hydrogens (tertiary/aromatic N) is 2. The quantitative estimate of drug-likeness (QED) is 0.0443. The van der Waals surface area contributed by atoms with E-state index < -0.39 is 0 Å². The van der Waals surface area contributed by atoms with Crippen LogP contribution in [0.1, 0.15) is 364 Å². The molecule has 71 heavy (non-hydrogen) atoms. The zero-order valence-corrected chi connectivity index (χ0v) is 53.2. The normalized spacial score (nSPS) is 12.0. The molecule has 0 unspecified atom stereocenters. The third kappa shape index (κ3) is 46.5. The summed E-state index contributed by atoms with van der Waals surface area (Å²) in [4.78, 5) is 6.32. The molecule has 0 saturated carbocycles. The minimum Gasteiger partial charge on any atom is -0.264 e. The maximum Gasteiger partial charge on any atom is 0.0821 e. The van der Waals surface area contributed by atoms with Gasteiger partial charge in [0.1, 0.15) is 0 Å². The topological polar surface area (TPSA) is 6.48 Å². The average Bonchev–Trinajstić information content (AvgIpc) is 3.38. The van der Waals surface area contributed by atoms with Gasteiger partial charge < -0.3 is 0 Å². The summed E-state index contributed by atoms with van der Waals surface area (Å²) < 4.78 is 3.84. The van der Waals surface area contributed by atoms with Gasteiger partial charge in [-0.2, -0.15) is 21.0 Å². The van der Waals surface area contributed by atoms with Gasteiger partial charge in [0.05, 0.1) is 8.64 Å². The largest absolute Gasteiger partial charge is 0.264 e. The first-order valence-corrected chi connectivity index (χ1v) is 37.3. The van der Waals surface area contributed by atoms with E-state index in [0.29, 0.717) is 21.0 Å². The SMILES string of the molecule is CCCCCCCCN(CCCCCCCC)C(SC(N(CCCCCCCC)CCCCCCCC)=S(CCCCCCCC)CCCCCCCC)=S(CCCCCCCC)CCCCCCCC. The van der Waals surface area contributed by atoms with Crippen LogP contribution in [-0.4, -0.2) is 67.6 Å². The van der Waals surface area contributed by atoms with Crippen molar-refractivity contribution in [3.63, 3.8) is 0 Å². The fourth-order valence-corrected chi connectivity index (χ4v) is 18.1. The molecule has 0 amide bonds. The zero-order valence-electron chi connectivity index (χ0n) is 50.7. The van der Waals surface area contributed by atoms with Crippen LogP contribution in [0.3, 0.4) is 0 Å². The minimum atomic E-state index is 0.337. The van der Waals surface area contributed by atoms with Crippen LogP contribution in [0.5, 0.6) is 0 Å². The molecule has 0 fully saturated rings. The van der Waals surface area contributed by atoms with Crippen molar-refractivity contribution in [1.82, 2.24) is 9.80 Å². The Kier molecular flexibility index (Phi) is 60.5. The summed E-state index contributed by atoms with van der Waals surface area (Å²) >= 11 is 2.51. The van der Waals surface area contributed by atoms with Crippen LogP contribution in [0.2, 0.25) is 0 Å². The zero-order chi connectivity index (χ0) is 51.8. The van der Waals surface area contributed by atoms with Crippen molar-refractivity contribution in [3.05, 3.63) is 0 Å². The second-order valence-electron chi connectivity index (χ2n) is 22.6. The standard InChI is InChI=1S/C66H136N2S3/c1-9-17-25-33-41-49-57-67(58-50-42-34-26-18-10-2)65(70(61-53-45-37-29-21-13-5)62-54-46-38-30-22-14-6)69-66(68(59-51-43-35-27-19-11-3)60-52-44-36-28-20-12-4)71(63-55-47-39-31-23-15-7)64-56-48-40-32-24-16-8/h9-64H2,1-8H3. The highest BCUT2D eigenvalue weighted by Crippen LogP contribution is 2.36. The Labute approximate surface area is 461 Å². The van der Waals surface area contributed by atoms with Gasteiger partial charge in [0.25, 0.3) is 0 Å². The molecule has 0 bridgehead atoms. The van der Waals surface area contributed by atoms with Crippen LogP contribution >= 0.6 is 32.7 Å². The third-order valence-electron chi connectivity index (χ3n) is 15.3. The lowest BCUT2D eigenvalue weighted by molar-refractivity contribution is 0.392. The van der Waals surface area contributed by atoms with Crippen LogP contribution in [0.15, 0.2) is 0 Å².